The van der Waals surface area contributed by atoms with Gasteiger partial charge in [-0.25, -0.2) is 9.78 Å². The Bertz CT molecular complexity index is 2170. The summed E-state index contributed by atoms with van der Waals surface area (Å²) in [6.45, 7) is 18.4. The van der Waals surface area contributed by atoms with Crippen LogP contribution < -0.4 is 10.7 Å². The molecule has 13 heteroatoms. The van der Waals surface area contributed by atoms with E-state index in [1.165, 1.54) is 19.9 Å². The normalized spacial score (nSPS) is 12.9. The van der Waals surface area contributed by atoms with Crippen LogP contribution in [0.5, 0.6) is 11.5 Å². The molecule has 0 aliphatic rings. The maximum atomic E-state index is 13.7. The Hall–Kier alpha value is -5.53. The third-order valence-electron chi connectivity index (χ3n) is 9.14. The number of nitrogens with one attached hydrogen (secondary N) is 1. The van der Waals surface area contributed by atoms with Crippen molar-refractivity contribution in [1.29, 1.82) is 0 Å². The number of aliphatic hydroxyl groups is 2. The van der Waals surface area contributed by atoms with Gasteiger partial charge in [0, 0.05) is 32.0 Å². The van der Waals surface area contributed by atoms with Crippen LogP contribution in [0.2, 0.25) is 0 Å². The Morgan fingerprint density at radius 1 is 0.983 bits per heavy atom. The Balaban J connectivity index is 0.00000277. The molecule has 0 aliphatic heterocycles. The van der Waals surface area contributed by atoms with Crippen LogP contribution in [0, 0.1) is 12.8 Å². The van der Waals surface area contributed by atoms with E-state index in [4.69, 9.17) is 24.0 Å². The van der Waals surface area contributed by atoms with Crippen LogP contribution in [0.3, 0.4) is 0 Å². The van der Waals surface area contributed by atoms with Gasteiger partial charge in [0.15, 0.2) is 22.3 Å². The highest BCUT2D eigenvalue weighted by Gasteiger charge is 2.29. The number of phenolic OH excluding ortho intramolecular Hbond substituents is 2. The number of nitrogens with zero attached hydrogens (tertiary/aromatic N) is 1. The summed E-state index contributed by atoms with van der Waals surface area (Å²) in [7, 11) is 2.55. The molecule has 4 aromatic rings. The lowest BCUT2D eigenvalue weighted by molar-refractivity contribution is -0.153. The van der Waals surface area contributed by atoms with Gasteiger partial charge in [-0.05, 0) is 80.7 Å². The van der Waals surface area contributed by atoms with Crippen LogP contribution in [-0.2, 0) is 19.1 Å². The molecule has 0 fully saturated rings. The second-order valence-corrected chi connectivity index (χ2v) is 13.6. The Labute approximate surface area is 347 Å². The fourth-order valence-electron chi connectivity index (χ4n) is 6.11. The zero-order valence-electron chi connectivity index (χ0n) is 36.6. The van der Waals surface area contributed by atoms with E-state index in [2.05, 4.69) is 5.32 Å². The minimum Gasteiger partial charge on any atom is -0.507 e. The number of aromatic nitrogens is 1. The number of phenols is 2. The maximum absolute atomic E-state index is 13.7. The molecule has 0 saturated heterocycles. The monoisotopic (exact) mass is 820 g/mol. The number of fused-ring (bicyclic) bond motifs is 4. The Morgan fingerprint density at radius 2 is 1.64 bits per heavy atom. The number of aldehydes is 1. The summed E-state index contributed by atoms with van der Waals surface area (Å²) in [6.07, 6.45) is 9.58. The largest absolute Gasteiger partial charge is 0.507 e. The molecule has 1 aromatic heterocycles. The van der Waals surface area contributed by atoms with Gasteiger partial charge < -0.3 is 39.6 Å². The molecule has 0 saturated carbocycles. The van der Waals surface area contributed by atoms with Crippen LogP contribution in [0.15, 0.2) is 63.6 Å². The number of anilines is 1. The van der Waals surface area contributed by atoms with Crippen molar-refractivity contribution in [3.63, 3.8) is 0 Å². The van der Waals surface area contributed by atoms with E-state index in [1.807, 2.05) is 72.8 Å². The molecule has 3 atom stereocenters. The highest BCUT2D eigenvalue weighted by molar-refractivity contribution is 6.21. The predicted octanol–water partition coefficient (Wildman–Crippen LogP) is 9.29. The molecule has 59 heavy (non-hydrogen) atoms. The van der Waals surface area contributed by atoms with E-state index in [9.17, 15) is 34.5 Å². The summed E-state index contributed by atoms with van der Waals surface area (Å²) in [5, 5.41) is 42.8. The Morgan fingerprint density at radius 3 is 2.24 bits per heavy atom. The molecular weight excluding hydrogens is 757 g/mol. The van der Waals surface area contributed by atoms with E-state index in [0.29, 0.717) is 29.5 Å². The van der Waals surface area contributed by atoms with Gasteiger partial charge >= 0.3 is 11.9 Å². The van der Waals surface area contributed by atoms with Gasteiger partial charge in [-0.2, -0.15) is 0 Å². The summed E-state index contributed by atoms with van der Waals surface area (Å²) in [4.78, 5) is 54.4. The quantitative estimate of drug-likeness (QED) is 0.0105. The molecule has 4 rings (SSSR count). The van der Waals surface area contributed by atoms with E-state index < -0.39 is 41.1 Å². The van der Waals surface area contributed by atoms with Gasteiger partial charge in [0.25, 0.3) is 0 Å². The third kappa shape index (κ3) is 13.5. The minimum atomic E-state index is -1.02. The SMILES string of the molecule is CC.CC.CNc1c(O)c2c(=O)c(C)c(O)c(C(=O)O/C=C/CCC(OC(C)=O)C(O)CCCC(C)/C=C/C=C(\C)C=O)c2c2nc3ccc(C(C)C)cc3oc12.CO. The van der Waals surface area contributed by atoms with E-state index in [0.717, 1.165) is 31.6 Å². The van der Waals surface area contributed by atoms with Gasteiger partial charge in [0.1, 0.15) is 40.4 Å². The molecule has 0 spiro atoms. The summed E-state index contributed by atoms with van der Waals surface area (Å²) in [5.74, 6) is -2.24. The zero-order chi connectivity index (χ0) is 45.0. The van der Waals surface area contributed by atoms with Gasteiger partial charge in [0.05, 0.1) is 17.8 Å². The highest BCUT2D eigenvalue weighted by Crippen LogP contribution is 2.44. The van der Waals surface area contributed by atoms with Gasteiger partial charge in [0.2, 0.25) is 0 Å². The van der Waals surface area contributed by atoms with Crippen molar-refractivity contribution in [3.05, 3.63) is 81.3 Å². The van der Waals surface area contributed by atoms with Crippen LogP contribution in [-0.4, -0.2) is 70.0 Å². The number of hydrogen-bond donors (Lipinski definition) is 5. The number of esters is 2. The number of hydrogen-bond acceptors (Lipinski definition) is 13. The first kappa shape index (κ1) is 51.5. The molecule has 3 aromatic carbocycles. The van der Waals surface area contributed by atoms with Crippen molar-refractivity contribution in [2.45, 2.75) is 119 Å². The Kier molecular flexibility index (Phi) is 22.5. The van der Waals surface area contributed by atoms with Crippen LogP contribution in [0.4, 0.5) is 5.69 Å². The van der Waals surface area contributed by atoms with E-state index in [1.54, 1.807) is 26.1 Å². The first-order chi connectivity index (χ1) is 28.2. The number of allylic oxidation sites excluding steroid dienone is 5. The first-order valence-electron chi connectivity index (χ1n) is 20.1. The number of benzene rings is 3. The van der Waals surface area contributed by atoms with Crippen molar-refractivity contribution in [2.24, 2.45) is 5.92 Å². The second-order valence-electron chi connectivity index (χ2n) is 13.6. The molecule has 1 heterocycles. The lowest BCUT2D eigenvalue weighted by Crippen LogP contribution is -2.30. The summed E-state index contributed by atoms with van der Waals surface area (Å²) in [5.41, 5.74) is 1.44. The number of aliphatic hydroxyl groups excluding tert-OH is 2. The fourth-order valence-corrected chi connectivity index (χ4v) is 6.11. The van der Waals surface area contributed by atoms with Gasteiger partial charge in [-0.15, -0.1) is 0 Å². The van der Waals surface area contributed by atoms with Gasteiger partial charge in [-0.1, -0.05) is 79.2 Å². The molecule has 0 amide bonds. The van der Waals surface area contributed by atoms with Crippen molar-refractivity contribution in [1.82, 2.24) is 4.98 Å². The van der Waals surface area contributed by atoms with Gasteiger partial charge in [-0.3, -0.25) is 14.4 Å². The number of aromatic hydroxyl groups is 2. The first-order valence-corrected chi connectivity index (χ1v) is 20.1. The summed E-state index contributed by atoms with van der Waals surface area (Å²) in [6, 6.07) is 5.49. The molecule has 13 nitrogen and oxygen atoms in total. The molecule has 0 radical (unpaired) electrons. The topological polar surface area (TPSA) is 206 Å². The molecule has 5 N–H and O–H groups in total. The molecular formula is C46H64N2O11. The average molecular weight is 821 g/mol. The average Bonchev–Trinajstić information content (AvgIpc) is 3.23. The number of carbonyl (C=O) groups is 3. The fraction of sp³-hybridized carbons (Fsp3) is 0.457. The van der Waals surface area contributed by atoms with E-state index >= 15 is 0 Å². The highest BCUT2D eigenvalue weighted by atomic mass is 16.6. The van der Waals surface area contributed by atoms with Crippen LogP contribution >= 0.6 is 0 Å². The molecule has 0 aliphatic carbocycles. The van der Waals surface area contributed by atoms with Crippen molar-refractivity contribution in [2.75, 3.05) is 19.5 Å². The third-order valence-corrected chi connectivity index (χ3v) is 9.14. The second kappa shape index (κ2) is 25.8. The summed E-state index contributed by atoms with van der Waals surface area (Å²) < 4.78 is 17.0. The number of ether oxygens (including phenoxy) is 2. The van der Waals surface area contributed by atoms with E-state index in [-0.39, 0.29) is 63.4 Å². The smallest absolute Gasteiger partial charge is 0.347 e. The van der Waals surface area contributed by atoms with Crippen LogP contribution in [0.1, 0.15) is 122 Å². The maximum Gasteiger partial charge on any atom is 0.347 e. The summed E-state index contributed by atoms with van der Waals surface area (Å²) >= 11 is 0. The number of carbonyl (C=O) groups excluding carboxylic acids is 3. The predicted molar refractivity (Wildman–Crippen MR) is 235 cm³/mol. The molecule has 324 valence electrons. The number of rotatable bonds is 16. The van der Waals surface area contributed by atoms with Crippen molar-refractivity contribution < 1.29 is 48.7 Å². The van der Waals surface area contributed by atoms with Crippen LogP contribution in [0.25, 0.3) is 33.0 Å². The van der Waals surface area contributed by atoms with Crippen molar-refractivity contribution >= 4 is 56.9 Å². The zero-order valence-corrected chi connectivity index (χ0v) is 36.6. The van der Waals surface area contributed by atoms with Crippen molar-refractivity contribution in [3.8, 4) is 11.5 Å². The molecule has 0 bridgehead atoms. The standard InChI is InChI=1S/C41H48N2O10.2C2H6.CH4O/c1-22(2)27-17-18-28-31(20-27)53-40-35(43-28)32-33(39(49)36(40)42-7)37(47)25(5)38(48)34(32)41(50)51-19-9-8-16-30(52-26(6)45)29(46)15-11-13-23(3)12-10-14-24(4)21-44;3*1-2/h9-10,12,14,17-23,29-30,42,46,48-49H,8,11,13,15-16H2,1-7H3;2*1-2H3;2H,1H3/b12-10+,19-9+,24-14+;;;. The lowest BCUT2D eigenvalue weighted by atomic mass is 9.96. The minimum absolute atomic E-state index is 0.0590. The molecule has 3 unspecified atom stereocenters. The lowest BCUT2D eigenvalue weighted by Gasteiger charge is -2.22.